The predicted octanol–water partition coefficient (Wildman–Crippen LogP) is 6.82. The van der Waals surface area contributed by atoms with E-state index in [1.165, 1.54) is 41.6 Å². The summed E-state index contributed by atoms with van der Waals surface area (Å²) in [4.78, 5) is 0. The van der Waals surface area contributed by atoms with Crippen LogP contribution in [0.25, 0.3) is 11.8 Å². The molecule has 2 nitrogen and oxygen atoms in total. The Morgan fingerprint density at radius 2 is 1.93 bits per heavy atom. The van der Waals surface area contributed by atoms with Crippen molar-refractivity contribution < 1.29 is 0 Å². The molecule has 2 atom stereocenters. The summed E-state index contributed by atoms with van der Waals surface area (Å²) in [6.45, 7) is 4.59. The molecule has 1 aromatic heterocycles. The van der Waals surface area contributed by atoms with E-state index in [1.54, 1.807) is 5.57 Å². The van der Waals surface area contributed by atoms with E-state index in [0.29, 0.717) is 5.92 Å². The largest absolute Gasteiger partial charge is 0.233 e. The number of hydrogen-bond donors (Lipinski definition) is 0. The minimum atomic E-state index is 0.245. The molecule has 0 aliphatic heterocycles. The number of benzene rings is 2. The van der Waals surface area contributed by atoms with Crippen LogP contribution in [0.2, 0.25) is 5.02 Å². The number of allylic oxidation sites excluding steroid dienone is 1. The van der Waals surface area contributed by atoms with Gasteiger partial charge in [-0.15, -0.1) is 0 Å². The van der Waals surface area contributed by atoms with Crippen LogP contribution in [0.4, 0.5) is 0 Å². The third-order valence-electron chi connectivity index (χ3n) is 7.15. The third kappa shape index (κ3) is 3.24. The molecule has 2 aliphatic rings. The van der Waals surface area contributed by atoms with Crippen molar-refractivity contribution in [2.75, 3.05) is 0 Å². The molecule has 0 saturated heterocycles. The van der Waals surface area contributed by atoms with Crippen LogP contribution >= 0.6 is 11.6 Å². The number of hydrogen-bond acceptors (Lipinski definition) is 1. The summed E-state index contributed by atoms with van der Waals surface area (Å²) in [5.74, 6) is 0.695. The minimum absolute atomic E-state index is 0.245. The zero-order valence-corrected chi connectivity index (χ0v) is 17.9. The highest BCUT2D eigenvalue weighted by Crippen LogP contribution is 2.54. The molecular formula is C26H27ClN2. The van der Waals surface area contributed by atoms with Crippen LogP contribution < -0.4 is 0 Å². The van der Waals surface area contributed by atoms with Crippen LogP contribution in [0.1, 0.15) is 48.6 Å². The Bertz CT molecular complexity index is 1080. The van der Waals surface area contributed by atoms with Crippen molar-refractivity contribution >= 4 is 17.7 Å². The highest BCUT2D eigenvalue weighted by Gasteiger charge is 2.45. The van der Waals surface area contributed by atoms with Gasteiger partial charge < -0.3 is 0 Å². The van der Waals surface area contributed by atoms with Gasteiger partial charge in [0.2, 0.25) is 0 Å². The molecule has 3 aromatic rings. The maximum atomic E-state index is 6.40. The van der Waals surface area contributed by atoms with E-state index < -0.39 is 0 Å². The summed E-state index contributed by atoms with van der Waals surface area (Å²) < 4.78 is 2.11. The van der Waals surface area contributed by atoms with E-state index in [0.717, 1.165) is 23.6 Å². The zero-order valence-electron chi connectivity index (χ0n) is 17.2. The van der Waals surface area contributed by atoms with Gasteiger partial charge in [-0.2, -0.15) is 5.10 Å². The summed E-state index contributed by atoms with van der Waals surface area (Å²) >= 11 is 6.40. The fourth-order valence-electron chi connectivity index (χ4n) is 5.32. The fraction of sp³-hybridized carbons (Fsp3) is 0.346. The maximum absolute atomic E-state index is 6.40. The fourth-order valence-corrected chi connectivity index (χ4v) is 5.55. The molecule has 0 N–H and O–H groups in total. The third-order valence-corrected chi connectivity index (χ3v) is 7.52. The average molecular weight is 403 g/mol. The van der Waals surface area contributed by atoms with E-state index in [2.05, 4.69) is 67.2 Å². The van der Waals surface area contributed by atoms with Crippen molar-refractivity contribution in [3.8, 4) is 5.69 Å². The summed E-state index contributed by atoms with van der Waals surface area (Å²) in [7, 11) is 0. The Balaban J connectivity index is 1.40. The normalized spacial score (nSPS) is 22.9. The minimum Gasteiger partial charge on any atom is -0.233 e. The molecule has 5 rings (SSSR count). The predicted molar refractivity (Wildman–Crippen MR) is 121 cm³/mol. The van der Waals surface area contributed by atoms with Gasteiger partial charge in [0.1, 0.15) is 0 Å². The Morgan fingerprint density at radius 1 is 1.14 bits per heavy atom. The first-order valence-corrected chi connectivity index (χ1v) is 11.0. The van der Waals surface area contributed by atoms with E-state index in [9.17, 15) is 0 Å². The van der Waals surface area contributed by atoms with Crippen molar-refractivity contribution in [1.29, 1.82) is 0 Å². The number of nitrogens with zero attached hydrogens (tertiary/aromatic N) is 2. The Labute approximate surface area is 178 Å². The second-order valence-electron chi connectivity index (χ2n) is 8.93. The maximum Gasteiger partial charge on any atom is 0.0700 e. The zero-order chi connectivity index (χ0) is 20.0. The molecule has 0 amide bonds. The van der Waals surface area contributed by atoms with Gasteiger partial charge in [-0.05, 0) is 85.8 Å². The first kappa shape index (κ1) is 18.7. The smallest absolute Gasteiger partial charge is 0.0700 e. The van der Waals surface area contributed by atoms with E-state index >= 15 is 0 Å². The summed E-state index contributed by atoms with van der Waals surface area (Å²) in [5, 5.41) is 5.64. The molecule has 1 saturated carbocycles. The second kappa shape index (κ2) is 7.18. The lowest BCUT2D eigenvalue weighted by molar-refractivity contribution is 0.256. The van der Waals surface area contributed by atoms with Crippen molar-refractivity contribution in [3.63, 3.8) is 0 Å². The molecule has 2 unspecified atom stereocenters. The summed E-state index contributed by atoms with van der Waals surface area (Å²) in [6, 6.07) is 16.9. The standard InChI is InChI=1S/C26H27ClN2/c1-18-7-13-23(14-8-18)29-25-15-22-12-11-21(26(22,2)16-20(25)17-28-29)10-9-19-5-3-4-6-24(19)27/h3-8,13-15,17,21H,9-12,16H2,1-2H3. The molecule has 148 valence electrons. The van der Waals surface area contributed by atoms with Crippen molar-refractivity contribution in [1.82, 2.24) is 9.78 Å². The van der Waals surface area contributed by atoms with Gasteiger partial charge in [-0.1, -0.05) is 60.0 Å². The molecule has 0 bridgehead atoms. The van der Waals surface area contributed by atoms with Gasteiger partial charge in [0.15, 0.2) is 0 Å². The first-order valence-electron chi connectivity index (χ1n) is 10.6. The van der Waals surface area contributed by atoms with Gasteiger partial charge in [0, 0.05) is 5.02 Å². The Kier molecular flexibility index (Phi) is 4.63. The van der Waals surface area contributed by atoms with Crippen LogP contribution in [-0.2, 0) is 12.8 Å². The van der Waals surface area contributed by atoms with Crippen molar-refractivity contribution in [3.05, 3.63) is 87.7 Å². The molecule has 0 radical (unpaired) electrons. The number of rotatable bonds is 4. The topological polar surface area (TPSA) is 17.8 Å². The number of aromatic nitrogens is 2. The van der Waals surface area contributed by atoms with E-state index in [4.69, 9.17) is 16.7 Å². The van der Waals surface area contributed by atoms with Crippen LogP contribution in [0.15, 0.2) is 60.3 Å². The monoisotopic (exact) mass is 402 g/mol. The molecule has 3 heteroatoms. The lowest BCUT2D eigenvalue weighted by Gasteiger charge is -2.36. The molecule has 2 aliphatic carbocycles. The van der Waals surface area contributed by atoms with E-state index in [-0.39, 0.29) is 5.41 Å². The molecule has 1 heterocycles. The summed E-state index contributed by atoms with van der Waals surface area (Å²) in [6.07, 6.45) is 10.3. The second-order valence-corrected chi connectivity index (χ2v) is 9.34. The first-order chi connectivity index (χ1) is 14.0. The number of aryl methyl sites for hydroxylation is 2. The molecule has 29 heavy (non-hydrogen) atoms. The Morgan fingerprint density at radius 3 is 2.72 bits per heavy atom. The molecule has 0 spiro atoms. The van der Waals surface area contributed by atoms with Crippen molar-refractivity contribution in [2.45, 2.75) is 46.0 Å². The highest BCUT2D eigenvalue weighted by atomic mass is 35.5. The van der Waals surface area contributed by atoms with Gasteiger partial charge in [0.25, 0.3) is 0 Å². The molecular weight excluding hydrogens is 376 g/mol. The van der Waals surface area contributed by atoms with Crippen LogP contribution in [-0.4, -0.2) is 9.78 Å². The SMILES string of the molecule is Cc1ccc(-n2ncc3c2C=C2CCC(CCc4ccccc4Cl)C2(C)C3)cc1. The van der Waals surface area contributed by atoms with Gasteiger partial charge in [-0.25, -0.2) is 4.68 Å². The highest BCUT2D eigenvalue weighted by molar-refractivity contribution is 6.31. The van der Waals surface area contributed by atoms with Crippen LogP contribution in [0.3, 0.4) is 0 Å². The molecule has 2 aromatic carbocycles. The number of fused-ring (bicyclic) bond motifs is 2. The van der Waals surface area contributed by atoms with E-state index in [1.807, 2.05) is 12.1 Å². The van der Waals surface area contributed by atoms with Crippen LogP contribution in [0, 0.1) is 18.3 Å². The van der Waals surface area contributed by atoms with Crippen molar-refractivity contribution in [2.24, 2.45) is 11.3 Å². The number of halogens is 1. The van der Waals surface area contributed by atoms with Gasteiger partial charge in [0.05, 0.1) is 17.6 Å². The summed E-state index contributed by atoms with van der Waals surface area (Å²) in [5.41, 5.74) is 8.19. The molecule has 1 fully saturated rings. The lowest BCUT2D eigenvalue weighted by atomic mass is 9.68. The Hall–Kier alpha value is -2.32. The lowest BCUT2D eigenvalue weighted by Crippen LogP contribution is -2.29. The average Bonchev–Trinajstić information content (AvgIpc) is 3.26. The van der Waals surface area contributed by atoms with Gasteiger partial charge >= 0.3 is 0 Å². The van der Waals surface area contributed by atoms with Crippen LogP contribution in [0.5, 0.6) is 0 Å². The van der Waals surface area contributed by atoms with Gasteiger partial charge in [-0.3, -0.25) is 0 Å². The quantitative estimate of drug-likeness (QED) is 0.468.